The predicted molar refractivity (Wildman–Crippen MR) is 111 cm³/mol. The molecule has 0 saturated heterocycles. The van der Waals surface area contributed by atoms with Crippen molar-refractivity contribution in [2.45, 2.75) is 39.3 Å². The predicted octanol–water partition coefficient (Wildman–Crippen LogP) is 4.19. The number of hydrogen-bond acceptors (Lipinski definition) is 3. The molecule has 7 heteroatoms. The van der Waals surface area contributed by atoms with Crippen LogP contribution in [0.2, 0.25) is 5.02 Å². The third-order valence-electron chi connectivity index (χ3n) is 4.38. The zero-order chi connectivity index (χ0) is 21.2. The Morgan fingerprint density at radius 2 is 1.76 bits per heavy atom. The van der Waals surface area contributed by atoms with Crippen molar-refractivity contribution < 1.29 is 18.7 Å². The summed E-state index contributed by atoms with van der Waals surface area (Å²) in [7, 11) is 0. The average Bonchev–Trinajstić information content (AvgIpc) is 2.72. The first-order chi connectivity index (χ1) is 13.9. The first kappa shape index (κ1) is 22.7. The van der Waals surface area contributed by atoms with E-state index in [0.29, 0.717) is 23.7 Å². The smallest absolute Gasteiger partial charge is 0.261 e. The van der Waals surface area contributed by atoms with Gasteiger partial charge in [-0.15, -0.1) is 0 Å². The molecular weight excluding hydrogens is 395 g/mol. The Labute approximate surface area is 175 Å². The van der Waals surface area contributed by atoms with E-state index < -0.39 is 6.04 Å². The molecule has 0 saturated carbocycles. The van der Waals surface area contributed by atoms with Gasteiger partial charge in [0.05, 0.1) is 0 Å². The van der Waals surface area contributed by atoms with Gasteiger partial charge in [0.2, 0.25) is 5.91 Å². The van der Waals surface area contributed by atoms with Gasteiger partial charge in [-0.3, -0.25) is 9.59 Å². The van der Waals surface area contributed by atoms with Gasteiger partial charge in [0.15, 0.2) is 6.61 Å². The molecular formula is C22H26ClFN2O3. The fraction of sp³-hybridized carbons (Fsp3) is 0.364. The largest absolute Gasteiger partial charge is 0.484 e. The van der Waals surface area contributed by atoms with Gasteiger partial charge in [0.25, 0.3) is 5.91 Å². The Bertz CT molecular complexity index is 797. The van der Waals surface area contributed by atoms with E-state index in [-0.39, 0.29) is 30.8 Å². The molecule has 1 N–H and O–H groups in total. The molecule has 0 aliphatic rings. The number of rotatable bonds is 10. The maximum absolute atomic E-state index is 13.2. The number of carbonyl (C=O) groups excluding carboxylic acids is 2. The number of benzene rings is 2. The van der Waals surface area contributed by atoms with E-state index in [0.717, 1.165) is 12.0 Å². The molecule has 0 heterocycles. The molecule has 2 amide bonds. The second-order valence-electron chi connectivity index (χ2n) is 6.61. The molecule has 2 aromatic rings. The number of ether oxygens (including phenoxy) is 1. The van der Waals surface area contributed by atoms with Crippen LogP contribution in [-0.2, 0) is 16.1 Å². The zero-order valence-corrected chi connectivity index (χ0v) is 17.4. The van der Waals surface area contributed by atoms with E-state index >= 15 is 0 Å². The maximum atomic E-state index is 13.2. The van der Waals surface area contributed by atoms with Gasteiger partial charge in [0.1, 0.15) is 17.6 Å². The quantitative estimate of drug-likeness (QED) is 0.627. The molecule has 0 aromatic heterocycles. The molecule has 2 rings (SSSR count). The highest BCUT2D eigenvalue weighted by atomic mass is 35.5. The third-order valence-corrected chi connectivity index (χ3v) is 4.63. The summed E-state index contributed by atoms with van der Waals surface area (Å²) in [6.07, 6.45) is 1.25. The standard InChI is InChI=1S/C22H26ClFN2O3/c1-3-13-25-22(28)20(4-2)26(14-16-5-9-18(24)10-6-16)21(27)15-29-19-11-7-17(23)8-12-19/h5-12,20H,3-4,13-15H2,1-2H3,(H,25,28)/t20-/m1/s1. The molecule has 2 aromatic carbocycles. The van der Waals surface area contributed by atoms with Crippen LogP contribution in [0.15, 0.2) is 48.5 Å². The molecule has 5 nitrogen and oxygen atoms in total. The minimum atomic E-state index is -0.645. The Kier molecular flexibility index (Phi) is 8.93. The first-order valence-electron chi connectivity index (χ1n) is 9.64. The van der Waals surface area contributed by atoms with E-state index in [1.807, 2.05) is 13.8 Å². The van der Waals surface area contributed by atoms with E-state index in [1.165, 1.54) is 17.0 Å². The molecule has 156 valence electrons. The third kappa shape index (κ3) is 7.06. The SMILES string of the molecule is CCCNC(=O)[C@@H](CC)N(Cc1ccc(F)cc1)C(=O)COc1ccc(Cl)cc1. The lowest BCUT2D eigenvalue weighted by molar-refractivity contribution is -0.143. The summed E-state index contributed by atoms with van der Waals surface area (Å²) >= 11 is 5.86. The normalized spacial score (nSPS) is 11.6. The van der Waals surface area contributed by atoms with Crippen molar-refractivity contribution in [3.63, 3.8) is 0 Å². The van der Waals surface area contributed by atoms with Crippen LogP contribution in [0.4, 0.5) is 4.39 Å². The fourth-order valence-corrected chi connectivity index (χ4v) is 2.96. The van der Waals surface area contributed by atoms with Crippen molar-refractivity contribution in [1.29, 1.82) is 0 Å². The summed E-state index contributed by atoms with van der Waals surface area (Å²) in [6, 6.07) is 11.9. The Morgan fingerprint density at radius 1 is 1.10 bits per heavy atom. The molecule has 29 heavy (non-hydrogen) atoms. The zero-order valence-electron chi connectivity index (χ0n) is 16.7. The minimum Gasteiger partial charge on any atom is -0.484 e. The molecule has 0 radical (unpaired) electrons. The van der Waals surface area contributed by atoms with Gasteiger partial charge < -0.3 is 15.0 Å². The van der Waals surface area contributed by atoms with E-state index in [4.69, 9.17) is 16.3 Å². The van der Waals surface area contributed by atoms with Crippen LogP contribution in [0, 0.1) is 5.82 Å². The summed E-state index contributed by atoms with van der Waals surface area (Å²) in [4.78, 5) is 27.0. The highest BCUT2D eigenvalue weighted by Gasteiger charge is 2.28. The van der Waals surface area contributed by atoms with Crippen molar-refractivity contribution in [3.05, 3.63) is 64.9 Å². The monoisotopic (exact) mass is 420 g/mol. The molecule has 0 aliphatic heterocycles. The maximum Gasteiger partial charge on any atom is 0.261 e. The van der Waals surface area contributed by atoms with Crippen LogP contribution in [0.1, 0.15) is 32.3 Å². The Balaban J connectivity index is 2.16. The van der Waals surface area contributed by atoms with Crippen molar-refractivity contribution in [1.82, 2.24) is 10.2 Å². The fourth-order valence-electron chi connectivity index (χ4n) is 2.83. The molecule has 0 bridgehead atoms. The lowest BCUT2D eigenvalue weighted by Crippen LogP contribution is -2.50. The van der Waals surface area contributed by atoms with Crippen molar-refractivity contribution in [2.24, 2.45) is 0 Å². The molecule has 0 aliphatic carbocycles. The summed E-state index contributed by atoms with van der Waals surface area (Å²) in [6.45, 7) is 4.31. The summed E-state index contributed by atoms with van der Waals surface area (Å²) in [5.74, 6) is -0.391. The molecule has 0 fully saturated rings. The van der Waals surface area contributed by atoms with Crippen LogP contribution in [0.25, 0.3) is 0 Å². The average molecular weight is 421 g/mol. The van der Waals surface area contributed by atoms with E-state index in [2.05, 4.69) is 5.32 Å². The van der Waals surface area contributed by atoms with Gasteiger partial charge in [0, 0.05) is 18.1 Å². The van der Waals surface area contributed by atoms with Crippen LogP contribution >= 0.6 is 11.6 Å². The second-order valence-corrected chi connectivity index (χ2v) is 7.04. The van der Waals surface area contributed by atoms with Gasteiger partial charge in [-0.2, -0.15) is 0 Å². The first-order valence-corrected chi connectivity index (χ1v) is 10.0. The number of halogens is 2. The number of carbonyl (C=O) groups is 2. The second kappa shape index (κ2) is 11.4. The van der Waals surface area contributed by atoms with Crippen molar-refractivity contribution in [2.75, 3.05) is 13.2 Å². The highest BCUT2D eigenvalue weighted by Crippen LogP contribution is 2.17. The van der Waals surface area contributed by atoms with Crippen LogP contribution in [0.5, 0.6) is 5.75 Å². The van der Waals surface area contributed by atoms with Crippen LogP contribution in [-0.4, -0.2) is 35.9 Å². The lowest BCUT2D eigenvalue weighted by Gasteiger charge is -2.30. The molecule has 0 unspecified atom stereocenters. The number of nitrogens with one attached hydrogen (secondary N) is 1. The van der Waals surface area contributed by atoms with Gasteiger partial charge in [-0.05, 0) is 54.8 Å². The lowest BCUT2D eigenvalue weighted by atomic mass is 10.1. The molecule has 0 spiro atoms. The van der Waals surface area contributed by atoms with Gasteiger partial charge in [-0.1, -0.05) is 37.6 Å². The number of nitrogens with zero attached hydrogens (tertiary/aromatic N) is 1. The number of amides is 2. The molecule has 1 atom stereocenters. The number of hydrogen-bond donors (Lipinski definition) is 1. The minimum absolute atomic E-state index is 0.182. The van der Waals surface area contributed by atoms with Gasteiger partial charge in [-0.25, -0.2) is 4.39 Å². The van der Waals surface area contributed by atoms with Crippen molar-refractivity contribution >= 4 is 23.4 Å². The van der Waals surface area contributed by atoms with Crippen LogP contribution in [0.3, 0.4) is 0 Å². The van der Waals surface area contributed by atoms with E-state index in [9.17, 15) is 14.0 Å². The van der Waals surface area contributed by atoms with Crippen molar-refractivity contribution in [3.8, 4) is 5.75 Å². The van der Waals surface area contributed by atoms with Gasteiger partial charge >= 0.3 is 0 Å². The topological polar surface area (TPSA) is 58.6 Å². The Hall–Kier alpha value is -2.60. The van der Waals surface area contributed by atoms with E-state index in [1.54, 1.807) is 36.4 Å². The highest BCUT2D eigenvalue weighted by molar-refractivity contribution is 6.30. The summed E-state index contributed by atoms with van der Waals surface area (Å²) < 4.78 is 18.8. The Morgan fingerprint density at radius 3 is 2.34 bits per heavy atom. The van der Waals surface area contributed by atoms with Crippen LogP contribution < -0.4 is 10.1 Å². The summed E-state index contributed by atoms with van der Waals surface area (Å²) in [5.41, 5.74) is 0.730. The summed E-state index contributed by atoms with van der Waals surface area (Å²) in [5, 5.41) is 3.41.